The van der Waals surface area contributed by atoms with Crippen LogP contribution < -0.4 is 5.32 Å². The van der Waals surface area contributed by atoms with E-state index in [1.807, 2.05) is 0 Å². The maximum atomic E-state index is 11.0. The molecule has 1 N–H and O–H groups in total. The molecule has 1 aromatic rings. The van der Waals surface area contributed by atoms with Crippen LogP contribution in [0.4, 0.5) is 5.82 Å². The van der Waals surface area contributed by atoms with E-state index in [1.165, 1.54) is 0 Å². The van der Waals surface area contributed by atoms with Crippen LogP contribution in [0.5, 0.6) is 0 Å². The Morgan fingerprint density at radius 3 is 3.14 bits per heavy atom. The molecule has 4 nitrogen and oxygen atoms in total. The fraction of sp³-hybridized carbons (Fsp3) is 0.333. The first kappa shape index (κ1) is 10.8. The maximum absolute atomic E-state index is 11.0. The molecule has 0 aliphatic heterocycles. The summed E-state index contributed by atoms with van der Waals surface area (Å²) in [5.74, 6) is 0.163. The first-order valence-corrected chi connectivity index (χ1v) is 4.62. The molecule has 0 saturated heterocycles. The number of rotatable bonds is 4. The van der Waals surface area contributed by atoms with Gasteiger partial charge in [0.25, 0.3) is 0 Å². The molecule has 0 aromatic carbocycles. The van der Waals surface area contributed by atoms with Crippen LogP contribution in [-0.4, -0.2) is 24.1 Å². The Morgan fingerprint density at radius 1 is 1.71 bits per heavy atom. The zero-order valence-corrected chi connectivity index (χ0v) is 8.54. The number of ether oxygens (including phenoxy) is 1. The molecule has 0 aliphatic carbocycles. The Labute approximate surface area is 87.2 Å². The van der Waals surface area contributed by atoms with Crippen LogP contribution in [0.25, 0.3) is 0 Å². The third-order valence-electron chi connectivity index (χ3n) is 1.46. The number of nitrogens with one attached hydrogen (secondary N) is 1. The number of anilines is 1. The van der Waals surface area contributed by atoms with Crippen LogP contribution in [-0.2, 0) is 9.53 Å². The van der Waals surface area contributed by atoms with E-state index < -0.39 is 0 Å². The average Bonchev–Trinajstić information content (AvgIpc) is 2.17. The number of nitrogens with zero attached hydrogens (tertiary/aromatic N) is 1. The highest BCUT2D eigenvalue weighted by molar-refractivity contribution is 6.32. The molecule has 5 heteroatoms. The van der Waals surface area contributed by atoms with Crippen LogP contribution in [0, 0.1) is 0 Å². The molecule has 0 aliphatic rings. The van der Waals surface area contributed by atoms with E-state index in [0.29, 0.717) is 17.4 Å². The predicted octanol–water partition coefficient (Wildman–Crippen LogP) is 1.71. The summed E-state index contributed by atoms with van der Waals surface area (Å²) in [6.07, 6.45) is 1.60. The van der Waals surface area contributed by atoms with Crippen molar-refractivity contribution in [2.75, 3.05) is 18.5 Å². The van der Waals surface area contributed by atoms with E-state index in [4.69, 9.17) is 16.3 Å². The first-order valence-electron chi connectivity index (χ1n) is 4.24. The number of carbonyl (C=O) groups is 1. The van der Waals surface area contributed by atoms with Crippen LogP contribution in [0.15, 0.2) is 18.3 Å². The van der Waals surface area contributed by atoms with Gasteiger partial charge >= 0.3 is 5.97 Å². The van der Waals surface area contributed by atoms with Gasteiger partial charge in [-0.3, -0.25) is 4.79 Å². The summed E-state index contributed by atoms with van der Waals surface area (Å²) in [6, 6.07) is 3.42. The lowest BCUT2D eigenvalue weighted by Gasteiger charge is -2.05. The molecule has 0 radical (unpaired) electrons. The van der Waals surface area contributed by atoms with Crippen molar-refractivity contribution in [1.82, 2.24) is 4.98 Å². The molecule has 0 unspecified atom stereocenters. The summed E-state index contributed by atoms with van der Waals surface area (Å²) in [5.41, 5.74) is 0. The molecule has 14 heavy (non-hydrogen) atoms. The van der Waals surface area contributed by atoms with Gasteiger partial charge in [-0.25, -0.2) is 4.98 Å². The Morgan fingerprint density at radius 2 is 2.50 bits per heavy atom. The summed E-state index contributed by atoms with van der Waals surface area (Å²) in [6.45, 7) is 2.20. The van der Waals surface area contributed by atoms with E-state index in [2.05, 4.69) is 10.3 Å². The standard InChI is InChI=1S/C9H11ClN2O2/c1-2-14-8(13)6-12-9-7(10)4-3-5-11-9/h3-5H,2,6H2,1H3,(H,11,12). The quantitative estimate of drug-likeness (QED) is 0.776. The molecule has 1 aromatic heterocycles. The monoisotopic (exact) mass is 214 g/mol. The van der Waals surface area contributed by atoms with Crippen molar-refractivity contribution < 1.29 is 9.53 Å². The normalized spacial score (nSPS) is 9.57. The molecule has 0 fully saturated rings. The highest BCUT2D eigenvalue weighted by Gasteiger charge is 2.03. The Kier molecular flexibility index (Phi) is 4.19. The van der Waals surface area contributed by atoms with E-state index in [9.17, 15) is 4.79 Å². The molecule has 1 heterocycles. The predicted molar refractivity (Wildman–Crippen MR) is 54.4 cm³/mol. The Hall–Kier alpha value is -1.29. The second-order valence-electron chi connectivity index (χ2n) is 2.49. The van der Waals surface area contributed by atoms with Crippen molar-refractivity contribution >= 4 is 23.4 Å². The lowest BCUT2D eigenvalue weighted by molar-refractivity contribution is -0.140. The smallest absolute Gasteiger partial charge is 0.325 e. The van der Waals surface area contributed by atoms with Gasteiger partial charge in [-0.05, 0) is 19.1 Å². The fourth-order valence-corrected chi connectivity index (χ4v) is 1.07. The molecular formula is C9H11ClN2O2. The lowest BCUT2D eigenvalue weighted by atomic mass is 10.4. The summed E-state index contributed by atoms with van der Waals surface area (Å²) in [5, 5.41) is 3.26. The molecule has 76 valence electrons. The molecule has 0 amide bonds. The number of aromatic nitrogens is 1. The molecule has 0 atom stereocenters. The van der Waals surface area contributed by atoms with Crippen LogP contribution in [0.2, 0.25) is 5.02 Å². The second kappa shape index (κ2) is 5.44. The van der Waals surface area contributed by atoms with E-state index >= 15 is 0 Å². The van der Waals surface area contributed by atoms with Gasteiger partial charge in [-0.1, -0.05) is 11.6 Å². The van der Waals surface area contributed by atoms with Crippen molar-refractivity contribution in [1.29, 1.82) is 0 Å². The SMILES string of the molecule is CCOC(=O)CNc1ncccc1Cl. The van der Waals surface area contributed by atoms with Gasteiger partial charge in [0, 0.05) is 6.20 Å². The average molecular weight is 215 g/mol. The van der Waals surface area contributed by atoms with Crippen molar-refractivity contribution in [3.8, 4) is 0 Å². The van der Waals surface area contributed by atoms with Crippen molar-refractivity contribution in [2.45, 2.75) is 6.92 Å². The third kappa shape index (κ3) is 3.22. The van der Waals surface area contributed by atoms with Gasteiger partial charge < -0.3 is 10.1 Å². The second-order valence-corrected chi connectivity index (χ2v) is 2.90. The van der Waals surface area contributed by atoms with Gasteiger partial charge in [0.2, 0.25) is 0 Å². The summed E-state index contributed by atoms with van der Waals surface area (Å²) in [4.78, 5) is 14.9. The van der Waals surface area contributed by atoms with Crippen molar-refractivity contribution in [3.05, 3.63) is 23.4 Å². The van der Waals surface area contributed by atoms with Gasteiger partial charge in [-0.2, -0.15) is 0 Å². The summed E-state index contributed by atoms with van der Waals surface area (Å²) < 4.78 is 4.73. The number of esters is 1. The topological polar surface area (TPSA) is 51.2 Å². The molecular weight excluding hydrogens is 204 g/mol. The van der Waals surface area contributed by atoms with Gasteiger partial charge in [0.1, 0.15) is 12.4 Å². The number of hydrogen-bond acceptors (Lipinski definition) is 4. The highest BCUT2D eigenvalue weighted by atomic mass is 35.5. The van der Waals surface area contributed by atoms with Gasteiger partial charge in [0.15, 0.2) is 0 Å². The largest absolute Gasteiger partial charge is 0.465 e. The van der Waals surface area contributed by atoms with Crippen molar-refractivity contribution in [3.63, 3.8) is 0 Å². The van der Waals surface area contributed by atoms with Gasteiger partial charge in [-0.15, -0.1) is 0 Å². The van der Waals surface area contributed by atoms with Crippen LogP contribution in [0.1, 0.15) is 6.92 Å². The molecule has 1 rings (SSSR count). The van der Waals surface area contributed by atoms with Gasteiger partial charge in [0.05, 0.1) is 11.6 Å². The molecule has 0 spiro atoms. The number of halogens is 1. The van der Waals surface area contributed by atoms with Crippen LogP contribution >= 0.6 is 11.6 Å². The Bertz CT molecular complexity index is 317. The summed E-state index contributed by atoms with van der Waals surface area (Å²) in [7, 11) is 0. The summed E-state index contributed by atoms with van der Waals surface area (Å²) >= 11 is 5.81. The number of carbonyl (C=O) groups excluding carboxylic acids is 1. The first-order chi connectivity index (χ1) is 6.74. The zero-order chi connectivity index (χ0) is 10.4. The third-order valence-corrected chi connectivity index (χ3v) is 1.77. The minimum Gasteiger partial charge on any atom is -0.465 e. The minimum absolute atomic E-state index is 0.0740. The number of pyridine rings is 1. The minimum atomic E-state index is -0.325. The maximum Gasteiger partial charge on any atom is 0.325 e. The Balaban J connectivity index is 2.46. The van der Waals surface area contributed by atoms with Crippen LogP contribution in [0.3, 0.4) is 0 Å². The zero-order valence-electron chi connectivity index (χ0n) is 7.79. The molecule has 0 saturated carbocycles. The van der Waals surface area contributed by atoms with E-state index in [0.717, 1.165) is 0 Å². The lowest BCUT2D eigenvalue weighted by Crippen LogP contribution is -2.17. The molecule has 0 bridgehead atoms. The number of hydrogen-bond donors (Lipinski definition) is 1. The van der Waals surface area contributed by atoms with E-state index in [-0.39, 0.29) is 12.5 Å². The van der Waals surface area contributed by atoms with E-state index in [1.54, 1.807) is 25.3 Å². The van der Waals surface area contributed by atoms with Crippen molar-refractivity contribution in [2.24, 2.45) is 0 Å². The fourth-order valence-electron chi connectivity index (χ4n) is 0.884. The highest BCUT2D eigenvalue weighted by Crippen LogP contribution is 2.16.